The Balaban J connectivity index is 2.22. The second kappa shape index (κ2) is 4.11. The Morgan fingerprint density at radius 2 is 2.43 bits per heavy atom. The highest BCUT2D eigenvalue weighted by atomic mass is 16.3. The van der Waals surface area contributed by atoms with Gasteiger partial charge >= 0.3 is 0 Å². The molecule has 0 aliphatic rings. The minimum atomic E-state index is 0.716. The van der Waals surface area contributed by atoms with Crippen molar-refractivity contribution in [2.24, 2.45) is 0 Å². The van der Waals surface area contributed by atoms with Crippen LogP contribution in [0.2, 0.25) is 0 Å². The molecular weight excluding hydrogens is 180 g/mol. The predicted molar refractivity (Wildman–Crippen MR) is 51.6 cm³/mol. The first-order valence-corrected chi connectivity index (χ1v) is 4.57. The zero-order valence-corrected chi connectivity index (χ0v) is 7.99. The van der Waals surface area contributed by atoms with E-state index in [-0.39, 0.29) is 0 Å². The molecule has 0 aliphatic heterocycles. The van der Waals surface area contributed by atoms with Crippen LogP contribution in [0.1, 0.15) is 12.6 Å². The van der Waals surface area contributed by atoms with Crippen LogP contribution in [0.25, 0.3) is 11.3 Å². The van der Waals surface area contributed by atoms with Gasteiger partial charge < -0.3 is 14.2 Å². The Morgan fingerprint density at radius 1 is 1.50 bits per heavy atom. The molecule has 4 nitrogen and oxygen atoms in total. The van der Waals surface area contributed by atoms with E-state index in [9.17, 15) is 0 Å². The molecule has 0 amide bonds. The van der Waals surface area contributed by atoms with Gasteiger partial charge in [-0.1, -0.05) is 6.92 Å². The summed E-state index contributed by atoms with van der Waals surface area (Å²) in [6.07, 6.45) is 4.72. The van der Waals surface area contributed by atoms with Crippen LogP contribution in [-0.4, -0.2) is 11.5 Å². The molecule has 74 valence electrons. The van der Waals surface area contributed by atoms with E-state index >= 15 is 0 Å². The van der Waals surface area contributed by atoms with Crippen LogP contribution in [0.3, 0.4) is 0 Å². The third-order valence-electron chi connectivity index (χ3n) is 1.97. The van der Waals surface area contributed by atoms with Crippen LogP contribution in [0.5, 0.6) is 0 Å². The molecule has 2 aromatic heterocycles. The minimum absolute atomic E-state index is 0.716. The molecule has 4 heteroatoms. The van der Waals surface area contributed by atoms with E-state index in [0.717, 1.165) is 23.6 Å². The van der Waals surface area contributed by atoms with Crippen molar-refractivity contribution < 1.29 is 8.83 Å². The van der Waals surface area contributed by atoms with Crippen molar-refractivity contribution >= 4 is 0 Å². The largest absolute Gasteiger partial charge is 0.472 e. The number of oxazole rings is 1. The normalized spacial score (nSPS) is 10.6. The molecule has 0 saturated carbocycles. The minimum Gasteiger partial charge on any atom is -0.472 e. The molecule has 0 atom stereocenters. The molecule has 2 aromatic rings. The van der Waals surface area contributed by atoms with E-state index in [0.29, 0.717) is 6.54 Å². The summed E-state index contributed by atoms with van der Waals surface area (Å²) in [5.41, 5.74) is 1.84. The van der Waals surface area contributed by atoms with E-state index in [1.54, 1.807) is 12.5 Å². The van der Waals surface area contributed by atoms with Gasteiger partial charge in [0.25, 0.3) is 0 Å². The average Bonchev–Trinajstić information content (AvgIpc) is 2.84. The van der Waals surface area contributed by atoms with Crippen LogP contribution >= 0.6 is 0 Å². The van der Waals surface area contributed by atoms with Crippen molar-refractivity contribution in [1.29, 1.82) is 0 Å². The van der Waals surface area contributed by atoms with Gasteiger partial charge in [-0.3, -0.25) is 0 Å². The van der Waals surface area contributed by atoms with Gasteiger partial charge in [0.15, 0.2) is 12.2 Å². The highest BCUT2D eigenvalue weighted by molar-refractivity contribution is 5.57. The summed E-state index contributed by atoms with van der Waals surface area (Å²) in [6, 6.07) is 1.86. The van der Waals surface area contributed by atoms with Crippen LogP contribution in [0.15, 0.2) is 33.8 Å². The number of nitrogens with zero attached hydrogens (tertiary/aromatic N) is 1. The fourth-order valence-corrected chi connectivity index (χ4v) is 1.27. The molecule has 0 bridgehead atoms. The molecule has 2 heterocycles. The fraction of sp³-hybridized carbons (Fsp3) is 0.300. The molecular formula is C10H12N2O2. The smallest absolute Gasteiger partial charge is 0.181 e. The Hall–Kier alpha value is -1.55. The predicted octanol–water partition coefficient (Wildman–Crippen LogP) is 2.04. The Morgan fingerprint density at radius 3 is 3.14 bits per heavy atom. The monoisotopic (exact) mass is 192 g/mol. The summed E-state index contributed by atoms with van der Waals surface area (Å²) in [5.74, 6) is 0.778. The van der Waals surface area contributed by atoms with E-state index in [2.05, 4.69) is 17.2 Å². The lowest BCUT2D eigenvalue weighted by molar-refractivity contribution is 0.556. The van der Waals surface area contributed by atoms with Crippen LogP contribution in [0.4, 0.5) is 0 Å². The van der Waals surface area contributed by atoms with E-state index in [1.165, 1.54) is 6.39 Å². The van der Waals surface area contributed by atoms with Crippen molar-refractivity contribution in [3.63, 3.8) is 0 Å². The molecule has 0 fully saturated rings. The Bertz CT molecular complexity index is 378. The number of nitrogens with one attached hydrogen (secondary N) is 1. The van der Waals surface area contributed by atoms with Crippen molar-refractivity contribution in [2.45, 2.75) is 13.5 Å². The first kappa shape index (κ1) is 9.02. The van der Waals surface area contributed by atoms with Crippen molar-refractivity contribution in [1.82, 2.24) is 10.3 Å². The van der Waals surface area contributed by atoms with Crippen molar-refractivity contribution in [3.8, 4) is 11.3 Å². The molecule has 0 aromatic carbocycles. The summed E-state index contributed by atoms with van der Waals surface area (Å²) < 4.78 is 10.3. The van der Waals surface area contributed by atoms with Gasteiger partial charge in [0.2, 0.25) is 0 Å². The summed E-state index contributed by atoms with van der Waals surface area (Å²) in [4.78, 5) is 4.14. The SMILES string of the molecule is CCNCc1ncoc1-c1ccoc1. The van der Waals surface area contributed by atoms with Gasteiger partial charge in [0, 0.05) is 6.54 Å². The van der Waals surface area contributed by atoms with Gasteiger partial charge in [-0.15, -0.1) is 0 Å². The number of rotatable bonds is 4. The molecule has 0 saturated heterocycles. The topological polar surface area (TPSA) is 51.2 Å². The van der Waals surface area contributed by atoms with E-state index in [1.807, 2.05) is 6.07 Å². The van der Waals surface area contributed by atoms with Gasteiger partial charge in [0.05, 0.1) is 11.8 Å². The molecule has 0 unspecified atom stereocenters. The summed E-state index contributed by atoms with van der Waals surface area (Å²) in [6.45, 7) is 3.68. The molecule has 14 heavy (non-hydrogen) atoms. The fourth-order valence-electron chi connectivity index (χ4n) is 1.27. The Labute approximate surface area is 81.9 Å². The standard InChI is InChI=1S/C10H12N2O2/c1-2-11-5-9-10(14-7-12-9)8-3-4-13-6-8/h3-4,6-7,11H,2,5H2,1H3. The maximum atomic E-state index is 5.29. The van der Waals surface area contributed by atoms with Crippen molar-refractivity contribution in [3.05, 3.63) is 30.7 Å². The molecule has 2 rings (SSSR count). The quantitative estimate of drug-likeness (QED) is 0.805. The Kier molecular flexibility index (Phi) is 2.65. The molecule has 1 N–H and O–H groups in total. The summed E-state index contributed by atoms with van der Waals surface area (Å²) in [5, 5.41) is 3.20. The highest BCUT2D eigenvalue weighted by Gasteiger charge is 2.10. The van der Waals surface area contributed by atoms with Crippen LogP contribution < -0.4 is 5.32 Å². The van der Waals surface area contributed by atoms with Gasteiger partial charge in [-0.25, -0.2) is 4.98 Å². The second-order valence-corrected chi connectivity index (χ2v) is 2.92. The van der Waals surface area contributed by atoms with E-state index in [4.69, 9.17) is 8.83 Å². The lowest BCUT2D eigenvalue weighted by Gasteiger charge is -1.98. The number of furan rings is 1. The first-order valence-electron chi connectivity index (χ1n) is 4.57. The lowest BCUT2D eigenvalue weighted by Crippen LogP contribution is -2.12. The lowest BCUT2D eigenvalue weighted by atomic mass is 10.2. The van der Waals surface area contributed by atoms with E-state index < -0.39 is 0 Å². The maximum absolute atomic E-state index is 5.29. The molecule has 0 radical (unpaired) electrons. The van der Waals surface area contributed by atoms with Gasteiger partial charge in [-0.05, 0) is 12.6 Å². The maximum Gasteiger partial charge on any atom is 0.181 e. The highest BCUT2D eigenvalue weighted by Crippen LogP contribution is 2.22. The second-order valence-electron chi connectivity index (χ2n) is 2.92. The first-order chi connectivity index (χ1) is 6.92. The number of aromatic nitrogens is 1. The average molecular weight is 192 g/mol. The number of hydrogen-bond acceptors (Lipinski definition) is 4. The van der Waals surface area contributed by atoms with Gasteiger partial charge in [-0.2, -0.15) is 0 Å². The van der Waals surface area contributed by atoms with Gasteiger partial charge in [0.1, 0.15) is 12.0 Å². The summed E-state index contributed by atoms with van der Waals surface area (Å²) in [7, 11) is 0. The van der Waals surface area contributed by atoms with Crippen LogP contribution in [-0.2, 0) is 6.54 Å². The van der Waals surface area contributed by atoms with Crippen LogP contribution in [0, 0.1) is 0 Å². The third kappa shape index (κ3) is 1.70. The zero-order valence-electron chi connectivity index (χ0n) is 7.99. The van der Waals surface area contributed by atoms with Crippen molar-refractivity contribution in [2.75, 3.05) is 6.54 Å². The number of hydrogen-bond donors (Lipinski definition) is 1. The third-order valence-corrected chi connectivity index (χ3v) is 1.97. The zero-order chi connectivity index (χ0) is 9.80. The summed E-state index contributed by atoms with van der Waals surface area (Å²) >= 11 is 0. The molecule has 0 aliphatic carbocycles. The molecule has 0 spiro atoms.